The molecule has 0 saturated carbocycles. The largest absolute Gasteiger partial charge is 0.508 e. The Morgan fingerprint density at radius 3 is 2.33 bits per heavy atom. The first-order valence-corrected chi connectivity index (χ1v) is 7.16. The molecule has 0 fully saturated rings. The van der Waals surface area contributed by atoms with Crippen LogP contribution in [0, 0.1) is 0 Å². The molecule has 0 heterocycles. The van der Waals surface area contributed by atoms with Gasteiger partial charge in [-0.1, -0.05) is 15.9 Å². The minimum Gasteiger partial charge on any atom is -0.508 e. The number of aromatic hydroxyl groups is 1. The fraction of sp³-hybridized carbons (Fsp3) is 0.188. The number of carbonyl (C=O) groups excluding carboxylic acids is 1. The zero-order valence-electron chi connectivity index (χ0n) is 11.6. The molecule has 21 heavy (non-hydrogen) atoms. The summed E-state index contributed by atoms with van der Waals surface area (Å²) < 4.78 is 11.3. The number of carbonyl (C=O) groups is 1. The van der Waals surface area contributed by atoms with Crippen molar-refractivity contribution < 1.29 is 19.4 Å². The number of benzene rings is 2. The molecule has 0 amide bonds. The number of ketones is 1. The molecular formula is C16H13BrO4. The molecular weight excluding hydrogens is 336 g/mol. The number of hydrogen-bond donors (Lipinski definition) is 1. The lowest BCUT2D eigenvalue weighted by molar-refractivity contribution is 0.103. The Morgan fingerprint density at radius 1 is 1.00 bits per heavy atom. The third kappa shape index (κ3) is 2.00. The maximum atomic E-state index is 12.9. The van der Waals surface area contributed by atoms with E-state index in [1.807, 2.05) is 0 Å². The van der Waals surface area contributed by atoms with Crippen LogP contribution in [0.4, 0.5) is 0 Å². The van der Waals surface area contributed by atoms with Crippen molar-refractivity contribution in [3.8, 4) is 17.2 Å². The molecule has 1 aliphatic rings. The summed E-state index contributed by atoms with van der Waals surface area (Å²) in [6.45, 7) is 0. The Hall–Kier alpha value is -2.01. The van der Waals surface area contributed by atoms with Gasteiger partial charge in [0.15, 0.2) is 5.78 Å². The van der Waals surface area contributed by atoms with Crippen LogP contribution in [-0.2, 0) is 6.42 Å². The first-order chi connectivity index (χ1) is 10.1. The molecule has 0 saturated heterocycles. The number of ether oxygens (including phenoxy) is 2. The number of halogens is 1. The quantitative estimate of drug-likeness (QED) is 0.771. The highest BCUT2D eigenvalue weighted by molar-refractivity contribution is 9.10. The molecule has 0 atom stereocenters. The van der Waals surface area contributed by atoms with Gasteiger partial charge < -0.3 is 14.6 Å². The first kappa shape index (κ1) is 13.9. The number of hydrogen-bond acceptors (Lipinski definition) is 4. The van der Waals surface area contributed by atoms with E-state index < -0.39 is 0 Å². The van der Waals surface area contributed by atoms with Gasteiger partial charge in [-0.25, -0.2) is 0 Å². The molecule has 5 heteroatoms. The van der Waals surface area contributed by atoms with E-state index in [-0.39, 0.29) is 11.5 Å². The number of fused-ring (bicyclic) bond motifs is 2. The molecule has 1 N–H and O–H groups in total. The van der Waals surface area contributed by atoms with Gasteiger partial charge in [-0.3, -0.25) is 4.79 Å². The Bertz CT molecular complexity index is 752. The molecule has 1 aliphatic carbocycles. The molecule has 2 aromatic rings. The standard InChI is InChI=1S/C16H13BrO4/c1-20-12-5-6-13(21-2)15-9(12)7-8-11(18)4-3-10(17)14(8)16(15)19/h3-6,18H,7H2,1-2H3. The fourth-order valence-corrected chi connectivity index (χ4v) is 3.28. The zero-order chi connectivity index (χ0) is 15.1. The predicted octanol–water partition coefficient (Wildman–Crippen LogP) is 3.31. The minimum atomic E-state index is -0.176. The summed E-state index contributed by atoms with van der Waals surface area (Å²) in [6.07, 6.45) is 0.419. The zero-order valence-corrected chi connectivity index (χ0v) is 13.2. The van der Waals surface area contributed by atoms with Gasteiger partial charge >= 0.3 is 0 Å². The second-order valence-electron chi connectivity index (χ2n) is 4.75. The molecule has 0 bridgehead atoms. The van der Waals surface area contributed by atoms with Crippen molar-refractivity contribution in [1.29, 1.82) is 0 Å². The Labute approximate surface area is 130 Å². The van der Waals surface area contributed by atoms with Crippen LogP contribution >= 0.6 is 15.9 Å². The van der Waals surface area contributed by atoms with E-state index in [0.717, 1.165) is 5.56 Å². The van der Waals surface area contributed by atoms with Crippen molar-refractivity contribution in [1.82, 2.24) is 0 Å². The smallest absolute Gasteiger partial charge is 0.198 e. The molecule has 0 unspecified atom stereocenters. The summed E-state index contributed by atoms with van der Waals surface area (Å²) in [5.74, 6) is 1.06. The monoisotopic (exact) mass is 348 g/mol. The number of methoxy groups -OCH3 is 2. The maximum Gasteiger partial charge on any atom is 0.198 e. The number of phenolic OH excluding ortho intramolecular Hbond substituents is 1. The van der Waals surface area contributed by atoms with E-state index >= 15 is 0 Å². The van der Waals surface area contributed by atoms with Crippen LogP contribution in [0.25, 0.3) is 0 Å². The van der Waals surface area contributed by atoms with Gasteiger partial charge in [0, 0.05) is 27.6 Å². The van der Waals surface area contributed by atoms with Crippen LogP contribution in [0.1, 0.15) is 27.0 Å². The van der Waals surface area contributed by atoms with Crippen LogP contribution in [0.3, 0.4) is 0 Å². The molecule has 0 aromatic heterocycles. The summed E-state index contributed by atoms with van der Waals surface area (Å²) in [7, 11) is 3.09. The Balaban J connectivity index is 2.32. The molecule has 4 nitrogen and oxygen atoms in total. The van der Waals surface area contributed by atoms with Crippen LogP contribution in [0.5, 0.6) is 17.2 Å². The van der Waals surface area contributed by atoms with Gasteiger partial charge in [-0.15, -0.1) is 0 Å². The third-order valence-corrected chi connectivity index (χ3v) is 4.38. The van der Waals surface area contributed by atoms with E-state index in [1.54, 1.807) is 31.4 Å². The molecule has 3 rings (SSSR count). The van der Waals surface area contributed by atoms with E-state index in [0.29, 0.717) is 39.1 Å². The normalized spacial score (nSPS) is 12.6. The van der Waals surface area contributed by atoms with E-state index in [1.165, 1.54) is 7.11 Å². The molecule has 0 aliphatic heterocycles. The summed E-state index contributed by atoms with van der Waals surface area (Å²) in [5.41, 5.74) is 2.32. The highest BCUT2D eigenvalue weighted by Gasteiger charge is 2.32. The highest BCUT2D eigenvalue weighted by Crippen LogP contribution is 2.42. The summed E-state index contributed by atoms with van der Waals surface area (Å²) >= 11 is 3.39. The second-order valence-corrected chi connectivity index (χ2v) is 5.60. The van der Waals surface area contributed by atoms with Crippen molar-refractivity contribution in [3.05, 3.63) is 51.0 Å². The molecule has 0 spiro atoms. The van der Waals surface area contributed by atoms with Gasteiger partial charge in [0.1, 0.15) is 17.2 Å². The average Bonchev–Trinajstić information content (AvgIpc) is 2.49. The lowest BCUT2D eigenvalue weighted by Crippen LogP contribution is -2.18. The van der Waals surface area contributed by atoms with Crippen LogP contribution in [-0.4, -0.2) is 25.1 Å². The summed E-state index contributed by atoms with van der Waals surface area (Å²) in [6, 6.07) is 6.74. The average molecular weight is 349 g/mol. The van der Waals surface area contributed by atoms with Gasteiger partial charge in [0.25, 0.3) is 0 Å². The van der Waals surface area contributed by atoms with Crippen molar-refractivity contribution in [2.45, 2.75) is 6.42 Å². The number of rotatable bonds is 2. The van der Waals surface area contributed by atoms with Crippen molar-refractivity contribution in [2.24, 2.45) is 0 Å². The van der Waals surface area contributed by atoms with Crippen molar-refractivity contribution >= 4 is 21.7 Å². The topological polar surface area (TPSA) is 55.8 Å². The van der Waals surface area contributed by atoms with Crippen molar-refractivity contribution in [2.75, 3.05) is 14.2 Å². The van der Waals surface area contributed by atoms with Crippen LogP contribution in [0.2, 0.25) is 0 Å². The van der Waals surface area contributed by atoms with E-state index in [4.69, 9.17) is 9.47 Å². The summed E-state index contributed by atoms with van der Waals surface area (Å²) in [5, 5.41) is 10.1. The van der Waals surface area contributed by atoms with Crippen LogP contribution in [0.15, 0.2) is 28.7 Å². The molecule has 108 valence electrons. The molecule has 0 radical (unpaired) electrons. The lowest BCUT2D eigenvalue weighted by Gasteiger charge is -2.24. The summed E-state index contributed by atoms with van der Waals surface area (Å²) in [4.78, 5) is 12.9. The van der Waals surface area contributed by atoms with Crippen LogP contribution < -0.4 is 9.47 Å². The van der Waals surface area contributed by atoms with E-state index in [9.17, 15) is 9.90 Å². The minimum absolute atomic E-state index is 0.108. The Morgan fingerprint density at radius 2 is 1.67 bits per heavy atom. The third-order valence-electron chi connectivity index (χ3n) is 3.72. The SMILES string of the molecule is COc1ccc(OC)c2c1Cc1c(O)ccc(Br)c1C2=O. The predicted molar refractivity (Wildman–Crippen MR) is 81.6 cm³/mol. The molecule has 2 aromatic carbocycles. The van der Waals surface area contributed by atoms with Crippen molar-refractivity contribution in [3.63, 3.8) is 0 Å². The van der Waals surface area contributed by atoms with Gasteiger partial charge in [-0.05, 0) is 24.3 Å². The van der Waals surface area contributed by atoms with Gasteiger partial charge in [0.05, 0.1) is 19.8 Å². The maximum absolute atomic E-state index is 12.9. The fourth-order valence-electron chi connectivity index (χ4n) is 2.73. The number of phenols is 1. The van der Waals surface area contributed by atoms with E-state index in [2.05, 4.69) is 15.9 Å². The highest BCUT2D eigenvalue weighted by atomic mass is 79.9. The second kappa shape index (κ2) is 5.07. The van der Waals surface area contributed by atoms with Gasteiger partial charge in [0.2, 0.25) is 0 Å². The first-order valence-electron chi connectivity index (χ1n) is 6.37. The Kier molecular flexibility index (Phi) is 3.37. The lowest BCUT2D eigenvalue weighted by atomic mass is 9.83. The van der Waals surface area contributed by atoms with Gasteiger partial charge in [-0.2, -0.15) is 0 Å².